The van der Waals surface area contributed by atoms with Crippen LogP contribution in [0.2, 0.25) is 0 Å². The maximum Gasteiger partial charge on any atom is 0.217 e. The molecule has 96 valence electrons. The van der Waals surface area contributed by atoms with Crippen LogP contribution in [0, 0.1) is 0 Å². The fourth-order valence-corrected chi connectivity index (χ4v) is 3.58. The molecule has 0 aromatic carbocycles. The molecule has 0 N–H and O–H groups in total. The fourth-order valence-electron chi connectivity index (χ4n) is 1.74. The molecule has 0 aliphatic carbocycles. The van der Waals surface area contributed by atoms with E-state index in [0.29, 0.717) is 13.2 Å². The molecule has 0 saturated carbocycles. The Morgan fingerprint density at radius 3 is 2.69 bits per heavy atom. The molecule has 16 heavy (non-hydrogen) atoms. The van der Waals surface area contributed by atoms with Gasteiger partial charge in [-0.25, -0.2) is 8.42 Å². The summed E-state index contributed by atoms with van der Waals surface area (Å²) in [5, 5.41) is 0. The summed E-state index contributed by atoms with van der Waals surface area (Å²) in [7, 11) is -1.76. The smallest absolute Gasteiger partial charge is 0.217 e. The predicted molar refractivity (Wildman–Crippen MR) is 61.9 cm³/mol. The van der Waals surface area contributed by atoms with Gasteiger partial charge in [0.15, 0.2) is 0 Å². The zero-order chi connectivity index (χ0) is 12.4. The van der Waals surface area contributed by atoms with Gasteiger partial charge in [0.05, 0.1) is 30.6 Å². The van der Waals surface area contributed by atoms with Gasteiger partial charge < -0.3 is 9.47 Å². The largest absolute Gasteiger partial charge is 0.384 e. The van der Waals surface area contributed by atoms with Crippen LogP contribution >= 0.6 is 0 Å². The van der Waals surface area contributed by atoms with E-state index in [1.54, 1.807) is 0 Å². The fraction of sp³-hybridized carbons (Fsp3) is 1.00. The third-order valence-electron chi connectivity index (χ3n) is 2.70. The van der Waals surface area contributed by atoms with Gasteiger partial charge in [-0.3, -0.25) is 0 Å². The molecule has 1 atom stereocenters. The molecular formula is C10H21NO4S. The van der Waals surface area contributed by atoms with Crippen LogP contribution in [0.25, 0.3) is 0 Å². The topological polar surface area (TPSA) is 55.8 Å². The lowest BCUT2D eigenvalue weighted by Gasteiger charge is -2.43. The van der Waals surface area contributed by atoms with Crippen molar-refractivity contribution in [1.82, 2.24) is 4.31 Å². The SMILES string of the molecule is COCCS(=O)(=O)N1CC(C)OCC1(C)C. The van der Waals surface area contributed by atoms with Gasteiger partial charge in [0.2, 0.25) is 10.0 Å². The number of rotatable bonds is 4. The highest BCUT2D eigenvalue weighted by Crippen LogP contribution is 2.25. The van der Waals surface area contributed by atoms with Gasteiger partial charge in [0.1, 0.15) is 0 Å². The quantitative estimate of drug-likeness (QED) is 0.728. The van der Waals surface area contributed by atoms with Gasteiger partial charge in [-0.15, -0.1) is 0 Å². The van der Waals surface area contributed by atoms with Gasteiger partial charge in [0.25, 0.3) is 0 Å². The highest BCUT2D eigenvalue weighted by molar-refractivity contribution is 7.89. The zero-order valence-corrected chi connectivity index (χ0v) is 11.2. The molecule has 1 aliphatic rings. The van der Waals surface area contributed by atoms with E-state index in [1.165, 1.54) is 11.4 Å². The van der Waals surface area contributed by atoms with Crippen molar-refractivity contribution in [3.8, 4) is 0 Å². The number of ether oxygens (including phenoxy) is 2. The lowest BCUT2D eigenvalue weighted by atomic mass is 10.1. The van der Waals surface area contributed by atoms with Crippen molar-refractivity contribution in [2.24, 2.45) is 0 Å². The van der Waals surface area contributed by atoms with E-state index in [0.717, 1.165) is 0 Å². The van der Waals surface area contributed by atoms with E-state index in [9.17, 15) is 8.42 Å². The first kappa shape index (κ1) is 13.9. The summed E-state index contributed by atoms with van der Waals surface area (Å²) < 4.78 is 36.0. The van der Waals surface area contributed by atoms with Crippen LogP contribution in [-0.2, 0) is 19.5 Å². The molecule has 0 amide bonds. The van der Waals surface area contributed by atoms with Crippen LogP contribution in [0.4, 0.5) is 0 Å². The average molecular weight is 251 g/mol. The lowest BCUT2D eigenvalue weighted by molar-refractivity contribution is -0.0552. The van der Waals surface area contributed by atoms with Gasteiger partial charge in [0, 0.05) is 13.7 Å². The number of hydrogen-bond acceptors (Lipinski definition) is 4. The highest BCUT2D eigenvalue weighted by Gasteiger charge is 2.40. The van der Waals surface area contributed by atoms with E-state index in [1.807, 2.05) is 20.8 Å². The Morgan fingerprint density at radius 1 is 1.50 bits per heavy atom. The van der Waals surface area contributed by atoms with E-state index >= 15 is 0 Å². The molecule has 1 saturated heterocycles. The first-order valence-electron chi connectivity index (χ1n) is 5.40. The summed E-state index contributed by atoms with van der Waals surface area (Å²) in [6.07, 6.45) is -0.0506. The second-order valence-electron chi connectivity index (χ2n) is 4.77. The molecule has 0 aromatic rings. The molecule has 1 unspecified atom stereocenters. The van der Waals surface area contributed by atoms with Crippen LogP contribution in [-0.4, -0.2) is 57.0 Å². The first-order chi connectivity index (χ1) is 7.29. The molecule has 5 nitrogen and oxygen atoms in total. The molecule has 1 heterocycles. The van der Waals surface area contributed by atoms with E-state index in [-0.39, 0.29) is 18.5 Å². The van der Waals surface area contributed by atoms with Crippen molar-refractivity contribution in [2.45, 2.75) is 32.4 Å². The Morgan fingerprint density at radius 2 is 2.12 bits per heavy atom. The van der Waals surface area contributed by atoms with Crippen molar-refractivity contribution in [3.63, 3.8) is 0 Å². The van der Waals surface area contributed by atoms with Crippen molar-refractivity contribution >= 4 is 10.0 Å². The summed E-state index contributed by atoms with van der Waals surface area (Å²) in [5.41, 5.74) is -0.473. The van der Waals surface area contributed by atoms with Crippen molar-refractivity contribution in [3.05, 3.63) is 0 Å². The first-order valence-corrected chi connectivity index (χ1v) is 7.01. The molecular weight excluding hydrogens is 230 g/mol. The maximum atomic E-state index is 12.1. The minimum Gasteiger partial charge on any atom is -0.384 e. The third kappa shape index (κ3) is 3.16. The Balaban J connectivity index is 2.82. The highest BCUT2D eigenvalue weighted by atomic mass is 32.2. The van der Waals surface area contributed by atoms with Crippen LogP contribution in [0.5, 0.6) is 0 Å². The second-order valence-corrected chi connectivity index (χ2v) is 6.79. The molecule has 0 radical (unpaired) electrons. The standard InChI is InChI=1S/C10H21NO4S/c1-9-7-11(10(2,3)8-15-9)16(12,13)6-5-14-4/h9H,5-8H2,1-4H3. The minimum absolute atomic E-state index is 0.0274. The molecule has 1 fully saturated rings. The lowest BCUT2D eigenvalue weighted by Crippen LogP contribution is -2.58. The molecule has 6 heteroatoms. The predicted octanol–water partition coefficient (Wildman–Crippen LogP) is 0.462. The van der Waals surface area contributed by atoms with Crippen molar-refractivity contribution in [1.29, 1.82) is 0 Å². The van der Waals surface area contributed by atoms with Crippen LogP contribution in [0.3, 0.4) is 0 Å². The molecule has 0 bridgehead atoms. The number of hydrogen-bond donors (Lipinski definition) is 0. The van der Waals surface area contributed by atoms with Crippen LogP contribution in [0.15, 0.2) is 0 Å². The molecule has 1 aliphatic heterocycles. The number of morpholine rings is 1. The molecule has 1 rings (SSSR count). The van der Waals surface area contributed by atoms with E-state index in [4.69, 9.17) is 9.47 Å². The Labute approximate surface area is 97.8 Å². The average Bonchev–Trinajstić information content (AvgIpc) is 2.19. The Kier molecular flexibility index (Phi) is 4.34. The van der Waals surface area contributed by atoms with Crippen molar-refractivity contribution in [2.75, 3.05) is 32.6 Å². The summed E-state index contributed by atoms with van der Waals surface area (Å²) in [6.45, 7) is 6.71. The van der Waals surface area contributed by atoms with E-state index in [2.05, 4.69) is 0 Å². The summed E-state index contributed by atoms with van der Waals surface area (Å²) in [6, 6.07) is 0. The summed E-state index contributed by atoms with van der Waals surface area (Å²) in [4.78, 5) is 0. The maximum absolute atomic E-state index is 12.1. The molecule has 0 aromatic heterocycles. The Hall–Kier alpha value is -0.170. The number of nitrogens with zero attached hydrogens (tertiary/aromatic N) is 1. The van der Waals surface area contributed by atoms with Gasteiger partial charge in [-0.05, 0) is 20.8 Å². The second kappa shape index (κ2) is 5.00. The number of sulfonamides is 1. The van der Waals surface area contributed by atoms with Gasteiger partial charge >= 0.3 is 0 Å². The summed E-state index contributed by atoms with van der Waals surface area (Å²) in [5.74, 6) is 0.0274. The monoisotopic (exact) mass is 251 g/mol. The zero-order valence-electron chi connectivity index (χ0n) is 10.4. The normalized spacial score (nSPS) is 26.9. The van der Waals surface area contributed by atoms with Crippen LogP contribution < -0.4 is 0 Å². The van der Waals surface area contributed by atoms with Gasteiger partial charge in [-0.2, -0.15) is 4.31 Å². The molecule has 0 spiro atoms. The van der Waals surface area contributed by atoms with E-state index < -0.39 is 15.6 Å². The van der Waals surface area contributed by atoms with Gasteiger partial charge in [-0.1, -0.05) is 0 Å². The Bertz CT molecular complexity index is 326. The number of methoxy groups -OCH3 is 1. The van der Waals surface area contributed by atoms with Crippen molar-refractivity contribution < 1.29 is 17.9 Å². The third-order valence-corrected chi connectivity index (χ3v) is 4.70. The minimum atomic E-state index is -3.26. The summed E-state index contributed by atoms with van der Waals surface area (Å²) >= 11 is 0. The van der Waals surface area contributed by atoms with Crippen LogP contribution in [0.1, 0.15) is 20.8 Å².